The summed E-state index contributed by atoms with van der Waals surface area (Å²) >= 11 is 0. The third kappa shape index (κ3) is 5.12. The molecule has 0 aromatic carbocycles. The molecule has 0 bridgehead atoms. The lowest BCUT2D eigenvalue weighted by Crippen LogP contribution is -2.53. The quantitative estimate of drug-likeness (QED) is 0.743. The Labute approximate surface area is 106 Å². The molecular formula is C10H18ClNO4S. The lowest BCUT2D eigenvalue weighted by molar-refractivity contribution is -0.00560. The van der Waals surface area contributed by atoms with Crippen molar-refractivity contribution in [3.8, 4) is 0 Å². The first-order chi connectivity index (χ1) is 7.58. The van der Waals surface area contributed by atoms with Gasteiger partial charge in [0.1, 0.15) is 5.60 Å². The van der Waals surface area contributed by atoms with E-state index in [2.05, 4.69) is 0 Å². The molecule has 0 aromatic rings. The van der Waals surface area contributed by atoms with E-state index < -0.39 is 14.7 Å². The molecule has 0 saturated carbocycles. The van der Waals surface area contributed by atoms with E-state index in [0.717, 1.165) is 6.42 Å². The summed E-state index contributed by atoms with van der Waals surface area (Å²) in [7, 11) is 1.64. The van der Waals surface area contributed by atoms with Crippen molar-refractivity contribution < 1.29 is 17.9 Å². The molecule has 1 atom stereocenters. The Kier molecular flexibility index (Phi) is 4.30. The highest BCUT2D eigenvalue weighted by Gasteiger charge is 2.35. The molecule has 1 saturated heterocycles. The van der Waals surface area contributed by atoms with Crippen LogP contribution in [0.3, 0.4) is 0 Å². The maximum atomic E-state index is 11.7. The minimum atomic E-state index is -3.49. The van der Waals surface area contributed by atoms with Gasteiger partial charge in [-0.2, -0.15) is 0 Å². The largest absolute Gasteiger partial charge is 0.444 e. The normalized spacial score (nSPS) is 20.9. The molecule has 1 fully saturated rings. The van der Waals surface area contributed by atoms with Gasteiger partial charge in [0.2, 0.25) is 9.05 Å². The zero-order chi connectivity index (χ0) is 13.3. The number of nitrogens with zero attached hydrogens (tertiary/aromatic N) is 1. The fourth-order valence-corrected chi connectivity index (χ4v) is 2.40. The second-order valence-electron chi connectivity index (χ2n) is 5.15. The molecule has 1 heterocycles. The topological polar surface area (TPSA) is 63.7 Å². The highest BCUT2D eigenvalue weighted by Crippen LogP contribution is 2.24. The summed E-state index contributed by atoms with van der Waals surface area (Å²) in [6.45, 7) is 6.00. The molecule has 0 N–H and O–H groups in total. The highest BCUT2D eigenvalue weighted by molar-refractivity contribution is 8.13. The van der Waals surface area contributed by atoms with Crippen LogP contribution < -0.4 is 0 Å². The monoisotopic (exact) mass is 283 g/mol. The van der Waals surface area contributed by atoms with E-state index in [4.69, 9.17) is 15.4 Å². The molecule has 1 aliphatic heterocycles. The Morgan fingerprint density at radius 3 is 2.41 bits per heavy atom. The van der Waals surface area contributed by atoms with Crippen LogP contribution >= 0.6 is 10.7 Å². The van der Waals surface area contributed by atoms with E-state index in [1.807, 2.05) is 0 Å². The van der Waals surface area contributed by atoms with Crippen LogP contribution in [0.15, 0.2) is 0 Å². The van der Waals surface area contributed by atoms with Crippen LogP contribution in [0.1, 0.15) is 33.6 Å². The average Bonchev–Trinajstić information content (AvgIpc) is 1.94. The molecule has 1 amide bonds. The lowest BCUT2D eigenvalue weighted by atomic mass is 10.0. The van der Waals surface area contributed by atoms with Crippen LogP contribution in [0, 0.1) is 0 Å². The first-order valence-electron chi connectivity index (χ1n) is 5.50. The molecule has 100 valence electrons. The molecule has 1 rings (SSSR count). The van der Waals surface area contributed by atoms with Gasteiger partial charge in [0, 0.05) is 23.3 Å². The van der Waals surface area contributed by atoms with E-state index in [-0.39, 0.29) is 17.9 Å². The van der Waals surface area contributed by atoms with Crippen molar-refractivity contribution in [3.05, 3.63) is 0 Å². The van der Waals surface area contributed by atoms with Crippen molar-refractivity contribution in [1.82, 2.24) is 4.90 Å². The van der Waals surface area contributed by atoms with Crippen LogP contribution in [0.25, 0.3) is 0 Å². The number of hydrogen-bond donors (Lipinski definition) is 0. The summed E-state index contributed by atoms with van der Waals surface area (Å²) in [5.41, 5.74) is -0.532. The van der Waals surface area contributed by atoms with Gasteiger partial charge < -0.3 is 9.64 Å². The molecule has 1 aliphatic rings. The van der Waals surface area contributed by atoms with Crippen molar-refractivity contribution in [2.24, 2.45) is 0 Å². The molecular weight excluding hydrogens is 266 g/mol. The fourth-order valence-electron chi connectivity index (χ4n) is 1.58. The number of halogens is 1. The van der Waals surface area contributed by atoms with Crippen LogP contribution in [-0.2, 0) is 13.8 Å². The third-order valence-electron chi connectivity index (χ3n) is 2.47. The Bertz CT molecular complexity index is 388. The lowest BCUT2D eigenvalue weighted by Gasteiger charge is -2.41. The smallest absolute Gasteiger partial charge is 0.410 e. The summed E-state index contributed by atoms with van der Waals surface area (Å²) in [5.74, 6) is -0.113. The average molecular weight is 284 g/mol. The number of hydrogen-bond acceptors (Lipinski definition) is 4. The van der Waals surface area contributed by atoms with E-state index in [1.165, 1.54) is 0 Å². The second-order valence-corrected chi connectivity index (χ2v) is 8.04. The molecule has 17 heavy (non-hydrogen) atoms. The van der Waals surface area contributed by atoms with Crippen molar-refractivity contribution in [1.29, 1.82) is 0 Å². The van der Waals surface area contributed by atoms with E-state index >= 15 is 0 Å². The molecule has 0 spiro atoms. The van der Waals surface area contributed by atoms with Crippen molar-refractivity contribution in [3.63, 3.8) is 0 Å². The van der Waals surface area contributed by atoms with E-state index in [9.17, 15) is 13.2 Å². The molecule has 1 unspecified atom stereocenters. The maximum absolute atomic E-state index is 11.7. The van der Waals surface area contributed by atoms with Crippen LogP contribution in [0.2, 0.25) is 0 Å². The Morgan fingerprint density at radius 1 is 1.47 bits per heavy atom. The van der Waals surface area contributed by atoms with Crippen molar-refractivity contribution in [2.45, 2.75) is 45.3 Å². The van der Waals surface area contributed by atoms with E-state index in [0.29, 0.717) is 13.0 Å². The van der Waals surface area contributed by atoms with Gasteiger partial charge in [0.15, 0.2) is 0 Å². The first-order valence-corrected chi connectivity index (χ1v) is 7.98. The standard InChI is InChI=1S/C10H18ClNO4S/c1-10(2,3)16-9(13)12-6-4-8(12)5-7-17(11,14)15/h8H,4-7H2,1-3H3. The summed E-state index contributed by atoms with van der Waals surface area (Å²) in [5, 5.41) is 0. The van der Waals surface area contributed by atoms with Gasteiger partial charge in [0.25, 0.3) is 0 Å². The van der Waals surface area contributed by atoms with Gasteiger partial charge in [-0.15, -0.1) is 0 Å². The third-order valence-corrected chi connectivity index (χ3v) is 3.65. The summed E-state index contributed by atoms with van der Waals surface area (Å²) in [4.78, 5) is 13.2. The Morgan fingerprint density at radius 2 is 2.06 bits per heavy atom. The summed E-state index contributed by atoms with van der Waals surface area (Å²) in [6.07, 6.45) is 0.775. The molecule has 0 aliphatic carbocycles. The van der Waals surface area contributed by atoms with Gasteiger partial charge in [-0.05, 0) is 33.6 Å². The number of carbonyl (C=O) groups excluding carboxylic acids is 1. The zero-order valence-corrected chi connectivity index (χ0v) is 11.8. The number of amides is 1. The molecule has 0 radical (unpaired) electrons. The van der Waals surface area contributed by atoms with E-state index in [1.54, 1.807) is 25.7 Å². The Hall–Kier alpha value is -0.490. The number of carbonyl (C=O) groups is 1. The number of rotatable bonds is 3. The number of likely N-dealkylation sites (tertiary alicyclic amines) is 1. The summed E-state index contributed by atoms with van der Waals surface area (Å²) in [6, 6.07) is -0.0709. The van der Waals surface area contributed by atoms with Crippen LogP contribution in [0.4, 0.5) is 4.79 Å². The second kappa shape index (κ2) is 5.02. The Balaban J connectivity index is 2.43. The molecule has 5 nitrogen and oxygen atoms in total. The van der Waals surface area contributed by atoms with Gasteiger partial charge in [-0.25, -0.2) is 13.2 Å². The van der Waals surface area contributed by atoms with Gasteiger partial charge >= 0.3 is 6.09 Å². The summed E-state index contributed by atoms with van der Waals surface area (Å²) < 4.78 is 26.8. The predicted molar refractivity (Wildman–Crippen MR) is 65.6 cm³/mol. The zero-order valence-electron chi connectivity index (χ0n) is 10.3. The number of ether oxygens (including phenoxy) is 1. The SMILES string of the molecule is CC(C)(C)OC(=O)N1CCC1CCS(=O)(=O)Cl. The van der Waals surface area contributed by atoms with Crippen molar-refractivity contribution in [2.75, 3.05) is 12.3 Å². The minimum absolute atomic E-state index is 0.0709. The van der Waals surface area contributed by atoms with Gasteiger partial charge in [-0.1, -0.05) is 0 Å². The van der Waals surface area contributed by atoms with Crippen LogP contribution in [-0.4, -0.2) is 43.4 Å². The first kappa shape index (κ1) is 14.6. The minimum Gasteiger partial charge on any atom is -0.444 e. The maximum Gasteiger partial charge on any atom is 0.410 e. The predicted octanol–water partition coefficient (Wildman–Crippen LogP) is 1.95. The fraction of sp³-hybridized carbons (Fsp3) is 0.900. The molecule has 7 heteroatoms. The van der Waals surface area contributed by atoms with Gasteiger partial charge in [-0.3, -0.25) is 0 Å². The van der Waals surface area contributed by atoms with Crippen molar-refractivity contribution >= 4 is 25.8 Å². The molecule has 0 aromatic heterocycles. The van der Waals surface area contributed by atoms with Crippen LogP contribution in [0.5, 0.6) is 0 Å². The van der Waals surface area contributed by atoms with Gasteiger partial charge in [0.05, 0.1) is 5.75 Å². The highest BCUT2D eigenvalue weighted by atomic mass is 35.7.